The highest BCUT2D eigenvalue weighted by molar-refractivity contribution is 5.78. The topological polar surface area (TPSA) is 116 Å². The van der Waals surface area contributed by atoms with Crippen molar-refractivity contribution in [3.05, 3.63) is 114 Å². The number of aldehydes is 1. The fourth-order valence-corrected chi connectivity index (χ4v) is 3.75. The molecule has 198 valence electrons. The van der Waals surface area contributed by atoms with Crippen LogP contribution in [0.5, 0.6) is 11.5 Å². The molecule has 39 heavy (non-hydrogen) atoms. The van der Waals surface area contributed by atoms with E-state index < -0.39 is 5.97 Å². The Kier molecular flexibility index (Phi) is 9.22. The van der Waals surface area contributed by atoms with Crippen LogP contribution in [0.25, 0.3) is 10.9 Å². The molecule has 5 rings (SSSR count). The van der Waals surface area contributed by atoms with E-state index in [1.165, 1.54) is 0 Å². The van der Waals surface area contributed by atoms with E-state index in [0.717, 1.165) is 34.1 Å². The zero-order chi connectivity index (χ0) is 27.5. The summed E-state index contributed by atoms with van der Waals surface area (Å²) in [4.78, 5) is 29.7. The lowest BCUT2D eigenvalue weighted by molar-refractivity contribution is -0.139. The van der Waals surface area contributed by atoms with Crippen LogP contribution in [0.1, 0.15) is 21.6 Å². The number of carboxylic acids is 1. The number of para-hydroxylation sites is 1. The monoisotopic (exact) mass is 524 g/mol. The van der Waals surface area contributed by atoms with Crippen molar-refractivity contribution in [1.82, 2.24) is 14.5 Å². The molecular weight excluding hydrogens is 496 g/mol. The molecule has 0 amide bonds. The van der Waals surface area contributed by atoms with Gasteiger partial charge in [0, 0.05) is 36.9 Å². The maximum absolute atomic E-state index is 10.7. The van der Waals surface area contributed by atoms with Gasteiger partial charge in [0.2, 0.25) is 0 Å². The molecule has 0 aliphatic carbocycles. The molecule has 0 saturated carbocycles. The Morgan fingerprint density at radius 2 is 1.90 bits per heavy atom. The number of hydrogen-bond donors (Lipinski definition) is 2. The number of carbonyl (C=O) groups is 2. The number of nitrogens with zero attached hydrogens (tertiary/aromatic N) is 3. The summed E-state index contributed by atoms with van der Waals surface area (Å²) in [7, 11) is 1.77. The van der Waals surface area contributed by atoms with Crippen molar-refractivity contribution in [1.29, 1.82) is 0 Å². The predicted octanol–water partition coefficient (Wildman–Crippen LogP) is 5.06. The van der Waals surface area contributed by atoms with Crippen molar-refractivity contribution >= 4 is 28.8 Å². The number of hydrogen-bond acceptors (Lipinski definition) is 7. The van der Waals surface area contributed by atoms with Crippen molar-refractivity contribution < 1.29 is 24.2 Å². The van der Waals surface area contributed by atoms with E-state index in [0.29, 0.717) is 30.2 Å². The average Bonchev–Trinajstić information content (AvgIpc) is 3.48. The molecule has 0 aliphatic rings. The molecule has 0 bridgehead atoms. The van der Waals surface area contributed by atoms with Crippen LogP contribution >= 0.6 is 0 Å². The van der Waals surface area contributed by atoms with Gasteiger partial charge in [-0.15, -0.1) is 0 Å². The minimum Gasteiger partial charge on any atom is -0.487 e. The first-order valence-corrected chi connectivity index (χ1v) is 12.2. The van der Waals surface area contributed by atoms with Gasteiger partial charge in [-0.3, -0.25) is 4.79 Å². The van der Waals surface area contributed by atoms with Gasteiger partial charge in [0.25, 0.3) is 0 Å². The number of imidazole rings is 1. The number of carbonyl (C=O) groups excluding carboxylic acids is 1. The van der Waals surface area contributed by atoms with Crippen LogP contribution in [-0.4, -0.2) is 45.6 Å². The van der Waals surface area contributed by atoms with E-state index in [2.05, 4.69) is 15.3 Å². The molecule has 2 N–H and O–H groups in total. The third kappa shape index (κ3) is 7.90. The molecular formula is C30H28N4O5. The summed E-state index contributed by atoms with van der Waals surface area (Å²) < 4.78 is 12.8. The molecule has 0 atom stereocenters. The maximum Gasteiger partial charge on any atom is 0.341 e. The Bertz CT molecular complexity index is 1540. The summed E-state index contributed by atoms with van der Waals surface area (Å²) in [5.41, 5.74) is 4.26. The normalized spacial score (nSPS) is 10.3. The number of anilines is 1. The van der Waals surface area contributed by atoms with Gasteiger partial charge in [-0.05, 0) is 42.0 Å². The van der Waals surface area contributed by atoms with Gasteiger partial charge in [0.15, 0.2) is 6.61 Å². The minimum absolute atomic E-state index is 0.352. The van der Waals surface area contributed by atoms with Gasteiger partial charge >= 0.3 is 5.97 Å². The molecule has 2 aromatic heterocycles. The van der Waals surface area contributed by atoms with Gasteiger partial charge in [-0.2, -0.15) is 0 Å². The van der Waals surface area contributed by atoms with Crippen molar-refractivity contribution in [2.75, 3.05) is 19.0 Å². The van der Waals surface area contributed by atoms with Crippen LogP contribution in [0, 0.1) is 0 Å². The fourth-order valence-electron chi connectivity index (χ4n) is 3.75. The number of nitrogens with one attached hydrogen (secondary N) is 1. The second-order valence-corrected chi connectivity index (χ2v) is 8.47. The second kappa shape index (κ2) is 13.4. The van der Waals surface area contributed by atoms with E-state index >= 15 is 0 Å². The largest absolute Gasteiger partial charge is 0.487 e. The third-order valence-corrected chi connectivity index (χ3v) is 5.63. The van der Waals surface area contributed by atoms with Crippen LogP contribution in [-0.2, 0) is 17.9 Å². The third-order valence-electron chi connectivity index (χ3n) is 5.63. The molecule has 0 saturated heterocycles. The smallest absolute Gasteiger partial charge is 0.341 e. The molecule has 5 aromatic rings. The number of fused-ring (bicyclic) bond motifs is 1. The lowest BCUT2D eigenvalue weighted by atomic mass is 10.2. The van der Waals surface area contributed by atoms with Gasteiger partial charge in [-0.25, -0.2) is 14.8 Å². The predicted molar refractivity (Wildman–Crippen MR) is 148 cm³/mol. The van der Waals surface area contributed by atoms with E-state index in [-0.39, 0.29) is 6.61 Å². The van der Waals surface area contributed by atoms with Crippen LogP contribution in [0.4, 0.5) is 5.69 Å². The Morgan fingerprint density at radius 1 is 1.03 bits per heavy atom. The molecule has 0 radical (unpaired) electrons. The molecule has 0 aliphatic heterocycles. The first-order valence-electron chi connectivity index (χ1n) is 12.2. The summed E-state index contributed by atoms with van der Waals surface area (Å²) in [6.45, 7) is 0.733. The average molecular weight is 525 g/mol. The Balaban J connectivity index is 0.000000181. The highest BCUT2D eigenvalue weighted by Gasteiger charge is 2.07. The zero-order valence-electron chi connectivity index (χ0n) is 21.4. The number of benzene rings is 3. The van der Waals surface area contributed by atoms with Crippen LogP contribution in [0.2, 0.25) is 0 Å². The number of aliphatic carboxylic acids is 1. The number of rotatable bonds is 10. The van der Waals surface area contributed by atoms with Crippen LogP contribution in [0.15, 0.2) is 97.6 Å². The van der Waals surface area contributed by atoms with Gasteiger partial charge in [0.05, 0.1) is 23.2 Å². The quantitative estimate of drug-likeness (QED) is 0.244. The summed E-state index contributed by atoms with van der Waals surface area (Å²) in [5, 5.41) is 12.7. The number of carboxylic acid groups (broad SMARTS) is 1. The maximum atomic E-state index is 10.7. The number of ether oxygens (including phenoxy) is 2. The molecule has 9 nitrogen and oxygen atoms in total. The highest BCUT2D eigenvalue weighted by atomic mass is 16.5. The Labute approximate surface area is 225 Å². The van der Waals surface area contributed by atoms with Crippen LogP contribution in [0.3, 0.4) is 0 Å². The lowest BCUT2D eigenvalue weighted by Crippen LogP contribution is -2.10. The molecule has 0 unspecified atom stereocenters. The first-order chi connectivity index (χ1) is 19.0. The highest BCUT2D eigenvalue weighted by Crippen LogP contribution is 2.25. The van der Waals surface area contributed by atoms with E-state index in [1.807, 2.05) is 65.4 Å². The van der Waals surface area contributed by atoms with E-state index in [4.69, 9.17) is 14.6 Å². The fraction of sp³-hybridized carbons (Fsp3) is 0.133. The number of aromatic nitrogens is 3. The molecule has 2 heterocycles. The Morgan fingerprint density at radius 3 is 2.67 bits per heavy atom. The molecule has 9 heteroatoms. The number of pyridine rings is 1. The summed E-state index contributed by atoms with van der Waals surface area (Å²) in [5.74, 6) is 0.202. The lowest BCUT2D eigenvalue weighted by Gasteiger charge is -2.12. The second-order valence-electron chi connectivity index (χ2n) is 8.47. The first kappa shape index (κ1) is 26.9. The van der Waals surface area contributed by atoms with Gasteiger partial charge in [-0.1, -0.05) is 42.5 Å². The minimum atomic E-state index is -0.996. The standard InChI is InChI=1S/C17H13NO2.C13H15N3O3/c19-11-13-4-3-6-16(10-13)20-12-15-9-8-14-5-1-2-7-17(14)18-15;1-14-11-6-10(7-16-5-4-15-9-16)2-3-12(11)19-8-13(17)18/h1-11H,12H2;2-6,9,14H,7-8H2,1H3,(H,17,18). The summed E-state index contributed by atoms with van der Waals surface area (Å²) in [6.07, 6.45) is 6.16. The van der Waals surface area contributed by atoms with Gasteiger partial charge in [0.1, 0.15) is 24.4 Å². The molecule has 3 aromatic carbocycles. The van der Waals surface area contributed by atoms with Crippen molar-refractivity contribution in [2.24, 2.45) is 0 Å². The molecule has 0 fully saturated rings. The van der Waals surface area contributed by atoms with Crippen molar-refractivity contribution in [3.8, 4) is 11.5 Å². The van der Waals surface area contributed by atoms with Crippen molar-refractivity contribution in [2.45, 2.75) is 13.2 Å². The van der Waals surface area contributed by atoms with E-state index in [9.17, 15) is 9.59 Å². The van der Waals surface area contributed by atoms with Gasteiger partial charge < -0.3 is 24.5 Å². The summed E-state index contributed by atoms with van der Waals surface area (Å²) >= 11 is 0. The van der Waals surface area contributed by atoms with E-state index in [1.54, 1.807) is 43.8 Å². The van der Waals surface area contributed by atoms with Crippen LogP contribution < -0.4 is 14.8 Å². The Hall–Kier alpha value is -5.18. The summed E-state index contributed by atoms with van der Waals surface area (Å²) in [6, 6.07) is 24.6. The zero-order valence-corrected chi connectivity index (χ0v) is 21.4. The SMILES string of the molecule is CNc1cc(Cn2ccnc2)ccc1OCC(=O)O.O=Cc1cccc(OCc2ccc3ccccc3n2)c1. The van der Waals surface area contributed by atoms with Crippen molar-refractivity contribution in [3.63, 3.8) is 0 Å². The molecule has 0 spiro atoms.